The summed E-state index contributed by atoms with van der Waals surface area (Å²) in [5.74, 6) is 0. The molecule has 1 aromatic heterocycles. The minimum absolute atomic E-state index is 1.18. The highest BCUT2D eigenvalue weighted by Crippen LogP contribution is 2.51. The van der Waals surface area contributed by atoms with Crippen molar-refractivity contribution in [3.63, 3.8) is 0 Å². The van der Waals surface area contributed by atoms with Crippen LogP contribution in [0.1, 0.15) is 0 Å². The second-order valence-electron chi connectivity index (χ2n) is 14.4. The molecule has 12 rings (SSSR count). The van der Waals surface area contributed by atoms with Gasteiger partial charge in [0.25, 0.3) is 0 Å². The average molecular weight is 670 g/mol. The third-order valence-corrected chi connectivity index (χ3v) is 11.7. The predicted octanol–water partition coefficient (Wildman–Crippen LogP) is 14.4. The summed E-state index contributed by atoms with van der Waals surface area (Å²) in [4.78, 5) is 0. The summed E-state index contributed by atoms with van der Waals surface area (Å²) in [5, 5.41) is 13.0. The molecule has 0 amide bonds. The standard InChI is InChI=1S/C52H31N/c1-2-11-35(12-3-1)53-50-20-9-8-17-43(50)49-30-33(23-28-51(49)53)32-21-24-42-46-27-26-36(44-18-10-19-45(52(44)46)48(42)29-32)34-22-25-41-39-15-5-4-13-37(39)38-14-6-7-16-40(38)47(41)31-34/h1-31H. The number of para-hydroxylation sites is 2. The van der Waals surface area contributed by atoms with E-state index in [0.29, 0.717) is 0 Å². The van der Waals surface area contributed by atoms with Crippen LogP contribution in [0.3, 0.4) is 0 Å². The number of hydrogen-bond donors (Lipinski definition) is 0. The lowest BCUT2D eigenvalue weighted by atomic mass is 9.90. The minimum atomic E-state index is 1.18. The van der Waals surface area contributed by atoms with Crippen LogP contribution in [-0.4, -0.2) is 4.57 Å². The Labute approximate surface area is 306 Å². The fraction of sp³-hybridized carbons (Fsp3) is 0. The van der Waals surface area contributed by atoms with Gasteiger partial charge in [-0.1, -0.05) is 146 Å². The Bertz CT molecular complexity index is 3290. The Morgan fingerprint density at radius 1 is 0.245 bits per heavy atom. The van der Waals surface area contributed by atoms with E-state index >= 15 is 0 Å². The van der Waals surface area contributed by atoms with Crippen molar-refractivity contribution >= 4 is 64.9 Å². The smallest absolute Gasteiger partial charge is 0.0541 e. The van der Waals surface area contributed by atoms with Crippen molar-refractivity contribution in [3.8, 4) is 50.2 Å². The molecule has 0 saturated carbocycles. The van der Waals surface area contributed by atoms with Crippen molar-refractivity contribution in [2.75, 3.05) is 0 Å². The van der Waals surface area contributed by atoms with Gasteiger partial charge < -0.3 is 4.57 Å². The minimum Gasteiger partial charge on any atom is -0.309 e. The van der Waals surface area contributed by atoms with Crippen molar-refractivity contribution < 1.29 is 0 Å². The van der Waals surface area contributed by atoms with Crippen molar-refractivity contribution in [2.45, 2.75) is 0 Å². The van der Waals surface area contributed by atoms with Gasteiger partial charge in [0.05, 0.1) is 11.0 Å². The molecule has 244 valence electrons. The maximum atomic E-state index is 2.42. The first-order valence-electron chi connectivity index (χ1n) is 18.4. The zero-order valence-corrected chi connectivity index (χ0v) is 28.8. The third kappa shape index (κ3) is 4.02. The van der Waals surface area contributed by atoms with E-state index in [1.807, 2.05) is 0 Å². The molecule has 0 unspecified atom stereocenters. The van der Waals surface area contributed by atoms with Gasteiger partial charge >= 0.3 is 0 Å². The molecule has 0 bridgehead atoms. The monoisotopic (exact) mass is 669 g/mol. The lowest BCUT2D eigenvalue weighted by Gasteiger charge is -2.14. The summed E-state index contributed by atoms with van der Waals surface area (Å²) < 4.78 is 2.38. The molecular formula is C52H31N. The summed E-state index contributed by atoms with van der Waals surface area (Å²) in [6, 6.07) is 69.7. The van der Waals surface area contributed by atoms with Gasteiger partial charge in [0.1, 0.15) is 0 Å². The first kappa shape index (κ1) is 28.7. The average Bonchev–Trinajstić information content (AvgIpc) is 3.74. The molecule has 11 aromatic rings. The molecule has 0 fully saturated rings. The van der Waals surface area contributed by atoms with Crippen molar-refractivity contribution in [1.29, 1.82) is 0 Å². The molecule has 0 atom stereocenters. The summed E-state index contributed by atoms with van der Waals surface area (Å²) in [7, 11) is 0. The van der Waals surface area contributed by atoms with Gasteiger partial charge in [-0.15, -0.1) is 0 Å². The van der Waals surface area contributed by atoms with Gasteiger partial charge in [-0.05, 0) is 130 Å². The summed E-state index contributed by atoms with van der Waals surface area (Å²) in [6.07, 6.45) is 0. The van der Waals surface area contributed by atoms with E-state index in [-0.39, 0.29) is 0 Å². The Kier molecular flexibility index (Phi) is 5.84. The topological polar surface area (TPSA) is 4.93 Å². The first-order valence-corrected chi connectivity index (χ1v) is 18.4. The Morgan fingerprint density at radius 3 is 1.57 bits per heavy atom. The van der Waals surface area contributed by atoms with Crippen LogP contribution in [0, 0.1) is 0 Å². The van der Waals surface area contributed by atoms with E-state index in [0.717, 1.165) is 0 Å². The number of rotatable bonds is 3. The second kappa shape index (κ2) is 10.8. The highest BCUT2D eigenvalue weighted by atomic mass is 15.0. The van der Waals surface area contributed by atoms with E-state index in [1.54, 1.807) is 0 Å². The maximum Gasteiger partial charge on any atom is 0.0541 e. The molecule has 10 aromatic carbocycles. The molecule has 1 aliphatic rings. The van der Waals surface area contributed by atoms with E-state index in [1.165, 1.54) is 115 Å². The Hall–Kier alpha value is -6.96. The van der Waals surface area contributed by atoms with E-state index in [2.05, 4.69) is 193 Å². The van der Waals surface area contributed by atoms with Gasteiger partial charge in [-0.2, -0.15) is 0 Å². The number of aromatic nitrogens is 1. The van der Waals surface area contributed by atoms with Crippen molar-refractivity contribution in [3.05, 3.63) is 188 Å². The Balaban J connectivity index is 1.01. The van der Waals surface area contributed by atoms with Gasteiger partial charge in [0.15, 0.2) is 0 Å². The molecule has 1 aliphatic carbocycles. The normalized spacial score (nSPS) is 12.2. The molecule has 53 heavy (non-hydrogen) atoms. The summed E-state index contributed by atoms with van der Waals surface area (Å²) in [5.41, 5.74) is 13.9. The zero-order valence-electron chi connectivity index (χ0n) is 28.8. The molecule has 1 heterocycles. The van der Waals surface area contributed by atoms with Gasteiger partial charge in [-0.25, -0.2) is 0 Å². The van der Waals surface area contributed by atoms with Gasteiger partial charge in [-0.3, -0.25) is 0 Å². The lowest BCUT2D eigenvalue weighted by molar-refractivity contribution is 1.18. The maximum absolute atomic E-state index is 2.42. The molecule has 0 spiro atoms. The molecule has 1 nitrogen and oxygen atoms in total. The molecule has 0 aliphatic heterocycles. The van der Waals surface area contributed by atoms with Crippen LogP contribution < -0.4 is 0 Å². The zero-order chi connectivity index (χ0) is 34.6. The van der Waals surface area contributed by atoms with Gasteiger partial charge in [0.2, 0.25) is 0 Å². The van der Waals surface area contributed by atoms with Crippen molar-refractivity contribution in [1.82, 2.24) is 4.57 Å². The first-order chi connectivity index (χ1) is 26.3. The largest absolute Gasteiger partial charge is 0.309 e. The van der Waals surface area contributed by atoms with Crippen LogP contribution in [0.25, 0.3) is 115 Å². The molecule has 0 radical (unpaired) electrons. The Morgan fingerprint density at radius 2 is 0.774 bits per heavy atom. The van der Waals surface area contributed by atoms with Crippen LogP contribution in [-0.2, 0) is 0 Å². The number of fused-ring (bicyclic) bond motifs is 12. The number of benzene rings is 10. The SMILES string of the molecule is c1ccc(-n2c3ccccc3c3cc(-c4ccc5c(c4)-c4cccc6c(-c7ccc8c9ccccc9c9ccccc9c8c7)ccc-5c46)ccc32)cc1. The summed E-state index contributed by atoms with van der Waals surface area (Å²) in [6.45, 7) is 0. The third-order valence-electron chi connectivity index (χ3n) is 11.7. The van der Waals surface area contributed by atoms with Crippen LogP contribution >= 0.6 is 0 Å². The van der Waals surface area contributed by atoms with Crippen LogP contribution in [0.15, 0.2) is 188 Å². The fourth-order valence-electron chi connectivity index (χ4n) is 9.37. The molecule has 1 heteroatoms. The second-order valence-corrected chi connectivity index (χ2v) is 14.4. The van der Waals surface area contributed by atoms with E-state index in [4.69, 9.17) is 0 Å². The van der Waals surface area contributed by atoms with Crippen LogP contribution in [0.4, 0.5) is 0 Å². The lowest BCUT2D eigenvalue weighted by Crippen LogP contribution is -1.92. The fourth-order valence-corrected chi connectivity index (χ4v) is 9.37. The van der Waals surface area contributed by atoms with E-state index in [9.17, 15) is 0 Å². The highest BCUT2D eigenvalue weighted by molar-refractivity contribution is 6.26. The molecule has 0 N–H and O–H groups in total. The number of nitrogens with zero attached hydrogens (tertiary/aromatic N) is 1. The van der Waals surface area contributed by atoms with Gasteiger partial charge in [0, 0.05) is 16.5 Å². The highest BCUT2D eigenvalue weighted by Gasteiger charge is 2.24. The molecular weight excluding hydrogens is 639 g/mol. The van der Waals surface area contributed by atoms with Crippen LogP contribution in [0.2, 0.25) is 0 Å². The quantitative estimate of drug-likeness (QED) is 0.165. The van der Waals surface area contributed by atoms with E-state index < -0.39 is 0 Å². The summed E-state index contributed by atoms with van der Waals surface area (Å²) >= 11 is 0. The predicted molar refractivity (Wildman–Crippen MR) is 226 cm³/mol. The van der Waals surface area contributed by atoms with Crippen LogP contribution in [0.5, 0.6) is 0 Å². The van der Waals surface area contributed by atoms with Crippen molar-refractivity contribution in [2.24, 2.45) is 0 Å². The molecule has 0 saturated heterocycles. The number of hydrogen-bond acceptors (Lipinski definition) is 0.